The van der Waals surface area contributed by atoms with Crippen LogP contribution in [0, 0.1) is 12.0 Å². The summed E-state index contributed by atoms with van der Waals surface area (Å²) in [6.45, 7) is 0. The fourth-order valence-corrected chi connectivity index (χ4v) is 9.60. The highest BCUT2D eigenvalue weighted by atomic mass is 28.3. The van der Waals surface area contributed by atoms with Gasteiger partial charge in [0.15, 0.2) is 0 Å². The number of benzene rings is 6. The summed E-state index contributed by atoms with van der Waals surface area (Å²) < 4.78 is 0. The molecule has 6 rings (SSSR count). The van der Waals surface area contributed by atoms with E-state index < -0.39 is 8.07 Å². The zero-order chi connectivity index (χ0) is 22.3. The number of rotatable bonds is 3. The molecule has 6 aromatic carbocycles. The molecule has 0 radical (unpaired) electrons. The van der Waals surface area contributed by atoms with Crippen molar-refractivity contribution in [3.63, 3.8) is 0 Å². The van der Waals surface area contributed by atoms with Crippen LogP contribution in [-0.2, 0) is 0 Å². The van der Waals surface area contributed by atoms with Gasteiger partial charge in [0.2, 0.25) is 8.07 Å². The summed E-state index contributed by atoms with van der Waals surface area (Å²) in [4.78, 5) is 0. The van der Waals surface area contributed by atoms with E-state index in [4.69, 9.17) is 6.42 Å². The monoisotopic (exact) mass is 434 g/mol. The second kappa shape index (κ2) is 7.78. The molecule has 1 heteroatoms. The van der Waals surface area contributed by atoms with Crippen LogP contribution in [0.2, 0.25) is 0 Å². The van der Waals surface area contributed by atoms with E-state index in [1.165, 1.54) is 47.9 Å². The summed E-state index contributed by atoms with van der Waals surface area (Å²) in [5.41, 5.74) is 3.48. The Kier molecular flexibility index (Phi) is 4.61. The van der Waals surface area contributed by atoms with Crippen molar-refractivity contribution in [1.29, 1.82) is 0 Å². The predicted octanol–water partition coefficient (Wildman–Crippen LogP) is 5.79. The Labute approximate surface area is 195 Å². The van der Waals surface area contributed by atoms with Gasteiger partial charge < -0.3 is 0 Å². The van der Waals surface area contributed by atoms with Gasteiger partial charge in [0.25, 0.3) is 0 Å². The van der Waals surface area contributed by atoms with Gasteiger partial charge in [-0.3, -0.25) is 0 Å². The molecule has 0 bridgehead atoms. The normalized spacial score (nSPS) is 11.6. The fourth-order valence-electron chi connectivity index (χ4n) is 5.33. The van der Waals surface area contributed by atoms with Gasteiger partial charge in [-0.1, -0.05) is 127 Å². The predicted molar refractivity (Wildman–Crippen MR) is 145 cm³/mol. The minimum absolute atomic E-state index is 1.22. The molecule has 0 atom stereocenters. The quantitative estimate of drug-likeness (QED) is 0.188. The standard InChI is InChI=1S/C32H22Si/c1-2-33(30-21-9-15-24-12-3-6-18-27(24)30,31-22-10-16-25-13-4-7-19-28(25)31)32-23-11-17-26-14-5-8-20-29(26)32/h1,3-23H. The van der Waals surface area contributed by atoms with Crippen molar-refractivity contribution in [3.05, 3.63) is 127 Å². The molecule has 6 aromatic rings. The number of hydrogen-bond donors (Lipinski definition) is 0. The number of fused-ring (bicyclic) bond motifs is 3. The molecule has 0 unspecified atom stereocenters. The zero-order valence-electron chi connectivity index (χ0n) is 18.2. The first-order valence-electron chi connectivity index (χ1n) is 11.3. The SMILES string of the molecule is C#C[Si](c1cccc2ccccc12)(c1cccc2ccccc12)c1cccc2ccccc12. The second-order valence-corrected chi connectivity index (χ2v) is 11.9. The van der Waals surface area contributed by atoms with Crippen LogP contribution in [0.25, 0.3) is 32.3 Å². The average Bonchev–Trinajstić information content (AvgIpc) is 2.90. The molecule has 0 nitrogen and oxygen atoms in total. The van der Waals surface area contributed by atoms with Crippen molar-refractivity contribution in [1.82, 2.24) is 0 Å². The molecule has 0 N–H and O–H groups in total. The zero-order valence-corrected chi connectivity index (χ0v) is 19.2. The van der Waals surface area contributed by atoms with Crippen LogP contribution >= 0.6 is 0 Å². The first kappa shape index (κ1) is 19.6. The van der Waals surface area contributed by atoms with Crippen LogP contribution in [0.15, 0.2) is 127 Å². The van der Waals surface area contributed by atoms with Crippen LogP contribution in [0.5, 0.6) is 0 Å². The maximum absolute atomic E-state index is 6.69. The topological polar surface area (TPSA) is 0 Å². The molecule has 154 valence electrons. The molecule has 0 saturated carbocycles. The Morgan fingerprint density at radius 3 is 1.03 bits per heavy atom. The average molecular weight is 435 g/mol. The Bertz CT molecular complexity index is 1480. The fraction of sp³-hybridized carbons (Fsp3) is 0. The van der Waals surface area contributed by atoms with Crippen LogP contribution < -0.4 is 15.6 Å². The number of hydrogen-bond acceptors (Lipinski definition) is 0. The molecule has 33 heavy (non-hydrogen) atoms. The molecule has 0 fully saturated rings. The maximum atomic E-state index is 6.69. The molecule has 0 amide bonds. The lowest BCUT2D eigenvalue weighted by molar-refractivity contribution is 1.73. The van der Waals surface area contributed by atoms with Gasteiger partial charge in [0.1, 0.15) is 0 Å². The second-order valence-electron chi connectivity index (χ2n) is 8.47. The van der Waals surface area contributed by atoms with E-state index in [1.54, 1.807) is 0 Å². The van der Waals surface area contributed by atoms with Gasteiger partial charge in [-0.2, -0.15) is 0 Å². The third-order valence-electron chi connectivity index (χ3n) is 6.80. The Balaban J connectivity index is 1.85. The largest absolute Gasteiger partial charge is 0.231 e. The minimum Gasteiger partial charge on any atom is -0.126 e. The third kappa shape index (κ3) is 2.93. The number of terminal acetylenes is 1. The highest BCUT2D eigenvalue weighted by Crippen LogP contribution is 2.23. The molecule has 0 aliphatic rings. The van der Waals surface area contributed by atoms with Crippen molar-refractivity contribution < 1.29 is 0 Å². The van der Waals surface area contributed by atoms with Crippen LogP contribution in [0.4, 0.5) is 0 Å². The summed E-state index contributed by atoms with van der Waals surface area (Å²) in [6, 6.07) is 45.7. The Hall–Kier alpha value is -4.12. The Morgan fingerprint density at radius 2 is 0.697 bits per heavy atom. The van der Waals surface area contributed by atoms with Crippen molar-refractivity contribution in [2.24, 2.45) is 0 Å². The smallest absolute Gasteiger partial charge is 0.126 e. The van der Waals surface area contributed by atoms with Crippen LogP contribution in [0.1, 0.15) is 0 Å². The summed E-state index contributed by atoms with van der Waals surface area (Å²) in [7, 11) is -2.86. The lowest BCUT2D eigenvalue weighted by atomic mass is 10.1. The van der Waals surface area contributed by atoms with Gasteiger partial charge in [0.05, 0.1) is 0 Å². The van der Waals surface area contributed by atoms with E-state index in [9.17, 15) is 0 Å². The highest BCUT2D eigenvalue weighted by Gasteiger charge is 2.41. The van der Waals surface area contributed by atoms with Crippen LogP contribution in [0.3, 0.4) is 0 Å². The summed E-state index contributed by atoms with van der Waals surface area (Å²) in [5.74, 6) is 0. The molecule has 0 aliphatic carbocycles. The highest BCUT2D eigenvalue weighted by molar-refractivity contribution is 7.19. The van der Waals surface area contributed by atoms with Crippen molar-refractivity contribution >= 4 is 56.0 Å². The van der Waals surface area contributed by atoms with Gasteiger partial charge in [-0.15, -0.1) is 12.0 Å². The van der Waals surface area contributed by atoms with E-state index in [2.05, 4.69) is 133 Å². The molecular formula is C32H22Si. The molecule has 0 aliphatic heterocycles. The minimum atomic E-state index is -2.86. The lowest BCUT2D eigenvalue weighted by Crippen LogP contribution is -2.67. The summed E-state index contributed by atoms with van der Waals surface area (Å²) in [5, 5.41) is 11.2. The lowest BCUT2D eigenvalue weighted by Gasteiger charge is -2.31. The van der Waals surface area contributed by atoms with E-state index in [1.807, 2.05) is 0 Å². The van der Waals surface area contributed by atoms with Crippen molar-refractivity contribution in [2.75, 3.05) is 0 Å². The first-order chi connectivity index (χ1) is 16.3. The Morgan fingerprint density at radius 1 is 0.394 bits per heavy atom. The molecule has 0 aromatic heterocycles. The molecule has 0 spiro atoms. The van der Waals surface area contributed by atoms with Crippen molar-refractivity contribution in [3.8, 4) is 12.0 Å². The molecular weight excluding hydrogens is 412 g/mol. The van der Waals surface area contributed by atoms with E-state index >= 15 is 0 Å². The maximum Gasteiger partial charge on any atom is 0.231 e. The van der Waals surface area contributed by atoms with Gasteiger partial charge >= 0.3 is 0 Å². The van der Waals surface area contributed by atoms with Gasteiger partial charge in [-0.25, -0.2) is 0 Å². The molecule has 0 saturated heterocycles. The van der Waals surface area contributed by atoms with E-state index in [0.29, 0.717) is 0 Å². The van der Waals surface area contributed by atoms with Crippen molar-refractivity contribution in [2.45, 2.75) is 0 Å². The van der Waals surface area contributed by atoms with Crippen LogP contribution in [-0.4, -0.2) is 8.07 Å². The van der Waals surface area contributed by atoms with E-state index in [0.717, 1.165) is 0 Å². The first-order valence-corrected chi connectivity index (χ1v) is 13.3. The third-order valence-corrected chi connectivity index (χ3v) is 11.0. The van der Waals surface area contributed by atoms with Gasteiger partial charge in [0, 0.05) is 0 Å². The summed E-state index contributed by atoms with van der Waals surface area (Å²) in [6.07, 6.45) is 6.69. The summed E-state index contributed by atoms with van der Waals surface area (Å²) >= 11 is 0. The van der Waals surface area contributed by atoms with Gasteiger partial charge in [-0.05, 0) is 47.9 Å². The van der Waals surface area contributed by atoms with E-state index in [-0.39, 0.29) is 0 Å². The molecule has 0 heterocycles.